The molecule has 4 nitrogen and oxygen atoms in total. The summed E-state index contributed by atoms with van der Waals surface area (Å²) in [5.74, 6) is 0.150. The van der Waals surface area contributed by atoms with Crippen molar-refractivity contribution in [2.45, 2.75) is 26.2 Å². The van der Waals surface area contributed by atoms with E-state index in [0.29, 0.717) is 0 Å². The smallest absolute Gasteiger partial charge is 0.0614 e. The summed E-state index contributed by atoms with van der Waals surface area (Å²) in [6, 6.07) is 8.72. The van der Waals surface area contributed by atoms with Crippen molar-refractivity contribution in [2.75, 3.05) is 37.0 Å². The van der Waals surface area contributed by atoms with Gasteiger partial charge in [0.2, 0.25) is 0 Å². The molecule has 1 aliphatic rings. The first-order valence-electron chi connectivity index (χ1n) is 7.00. The molecule has 1 heterocycles. The molecule has 1 aliphatic heterocycles. The second-order valence-electron chi connectivity index (χ2n) is 6.33. The average Bonchev–Trinajstić information content (AvgIpc) is 2.38. The van der Waals surface area contributed by atoms with E-state index in [4.69, 9.17) is 0 Å². The first-order valence-corrected chi connectivity index (χ1v) is 8.24. The van der Waals surface area contributed by atoms with E-state index in [1.54, 1.807) is 0 Å². The molecule has 0 spiro atoms. The third-order valence-electron chi connectivity index (χ3n) is 3.76. The first kappa shape index (κ1) is 15.5. The van der Waals surface area contributed by atoms with Crippen molar-refractivity contribution in [1.29, 1.82) is 0 Å². The van der Waals surface area contributed by atoms with Gasteiger partial charge in [-0.25, -0.2) is 0 Å². The SMILES string of the molecule is CC(C)(C)c1ccc(N2CCN(CS(=O)[O-])CC2)cc1. The molecule has 112 valence electrons. The van der Waals surface area contributed by atoms with Gasteiger partial charge in [0.15, 0.2) is 0 Å². The molecule has 20 heavy (non-hydrogen) atoms. The third-order valence-corrected chi connectivity index (χ3v) is 4.33. The Kier molecular flexibility index (Phi) is 4.83. The zero-order chi connectivity index (χ0) is 14.8. The second kappa shape index (κ2) is 6.24. The Morgan fingerprint density at radius 2 is 1.65 bits per heavy atom. The number of hydrogen-bond acceptors (Lipinski definition) is 4. The molecule has 1 fully saturated rings. The highest BCUT2D eigenvalue weighted by atomic mass is 32.2. The molecular weight excluding hydrogens is 272 g/mol. The van der Waals surface area contributed by atoms with E-state index in [1.807, 2.05) is 4.90 Å². The van der Waals surface area contributed by atoms with Gasteiger partial charge in [0.25, 0.3) is 0 Å². The molecule has 0 radical (unpaired) electrons. The van der Waals surface area contributed by atoms with E-state index in [2.05, 4.69) is 49.9 Å². The Bertz CT molecular complexity index is 460. The van der Waals surface area contributed by atoms with Gasteiger partial charge in [0, 0.05) is 31.9 Å². The van der Waals surface area contributed by atoms with Crippen LogP contribution >= 0.6 is 0 Å². The predicted octanol–water partition coefficient (Wildman–Crippen LogP) is 1.94. The van der Waals surface area contributed by atoms with E-state index in [9.17, 15) is 8.76 Å². The quantitative estimate of drug-likeness (QED) is 0.800. The standard InChI is InChI=1S/C15H24N2O2S/c1-15(2,3)13-4-6-14(7-5-13)17-10-8-16(9-11-17)12-20(18)19/h4-7H,8-12H2,1-3H3,(H,18,19)/p-1. The second-order valence-corrected chi connectivity index (χ2v) is 7.20. The molecule has 1 atom stereocenters. The maximum absolute atomic E-state index is 10.7. The molecule has 1 aromatic carbocycles. The van der Waals surface area contributed by atoms with E-state index in [1.165, 1.54) is 11.3 Å². The van der Waals surface area contributed by atoms with Crippen molar-refractivity contribution in [3.63, 3.8) is 0 Å². The lowest BCUT2D eigenvalue weighted by Crippen LogP contribution is -2.47. The van der Waals surface area contributed by atoms with E-state index >= 15 is 0 Å². The molecule has 0 aromatic heterocycles. The summed E-state index contributed by atoms with van der Waals surface area (Å²) in [6.07, 6.45) is 0. The van der Waals surface area contributed by atoms with Gasteiger partial charge >= 0.3 is 0 Å². The predicted molar refractivity (Wildman–Crippen MR) is 82.7 cm³/mol. The van der Waals surface area contributed by atoms with Crippen LogP contribution in [0, 0.1) is 0 Å². The van der Waals surface area contributed by atoms with E-state index in [-0.39, 0.29) is 11.3 Å². The van der Waals surface area contributed by atoms with Crippen LogP contribution in [0.3, 0.4) is 0 Å². The van der Waals surface area contributed by atoms with Gasteiger partial charge in [0.1, 0.15) is 0 Å². The van der Waals surface area contributed by atoms with Crippen LogP contribution in [0.2, 0.25) is 0 Å². The fraction of sp³-hybridized carbons (Fsp3) is 0.600. The Hall–Kier alpha value is -0.910. The molecule has 0 aliphatic carbocycles. The largest absolute Gasteiger partial charge is 0.771 e. The Morgan fingerprint density at radius 1 is 1.10 bits per heavy atom. The summed E-state index contributed by atoms with van der Waals surface area (Å²) in [7, 11) is 0. The monoisotopic (exact) mass is 295 g/mol. The number of rotatable bonds is 3. The topological polar surface area (TPSA) is 46.6 Å². The summed E-state index contributed by atoms with van der Waals surface area (Å²) < 4.78 is 21.4. The first-order chi connectivity index (χ1) is 9.36. The molecule has 5 heteroatoms. The number of hydrogen-bond donors (Lipinski definition) is 0. The van der Waals surface area contributed by atoms with Crippen molar-refractivity contribution >= 4 is 16.8 Å². The molecule has 1 saturated heterocycles. The number of piperazine rings is 1. The fourth-order valence-electron chi connectivity index (χ4n) is 2.46. The highest BCUT2D eigenvalue weighted by molar-refractivity contribution is 7.79. The maximum atomic E-state index is 10.7. The maximum Gasteiger partial charge on any atom is 0.0614 e. The molecule has 1 aromatic rings. The minimum absolute atomic E-state index is 0.150. The van der Waals surface area contributed by atoms with Crippen LogP contribution in [0.15, 0.2) is 24.3 Å². The lowest BCUT2D eigenvalue weighted by atomic mass is 9.87. The summed E-state index contributed by atoms with van der Waals surface area (Å²) in [5.41, 5.74) is 2.73. The molecule has 2 rings (SSSR count). The van der Waals surface area contributed by atoms with Crippen molar-refractivity contribution in [3.8, 4) is 0 Å². The Morgan fingerprint density at radius 3 is 2.10 bits per heavy atom. The highest BCUT2D eigenvalue weighted by Crippen LogP contribution is 2.25. The average molecular weight is 295 g/mol. The van der Waals surface area contributed by atoms with Gasteiger partial charge in [-0.1, -0.05) is 32.9 Å². The van der Waals surface area contributed by atoms with Crippen molar-refractivity contribution in [3.05, 3.63) is 29.8 Å². The van der Waals surface area contributed by atoms with Crippen LogP contribution in [-0.4, -0.2) is 45.7 Å². The van der Waals surface area contributed by atoms with Crippen LogP contribution < -0.4 is 4.90 Å². The molecule has 0 saturated carbocycles. The van der Waals surface area contributed by atoms with Crippen LogP contribution in [0.5, 0.6) is 0 Å². The van der Waals surface area contributed by atoms with Crippen molar-refractivity contribution < 1.29 is 8.76 Å². The fourth-order valence-corrected chi connectivity index (χ4v) is 3.01. The number of benzene rings is 1. The zero-order valence-electron chi connectivity index (χ0n) is 12.5. The number of nitrogens with zero attached hydrogens (tertiary/aromatic N) is 2. The van der Waals surface area contributed by atoms with Crippen LogP contribution in [0.1, 0.15) is 26.3 Å². The summed E-state index contributed by atoms with van der Waals surface area (Å²) >= 11 is -1.97. The zero-order valence-corrected chi connectivity index (χ0v) is 13.3. The van der Waals surface area contributed by atoms with Gasteiger partial charge in [-0.15, -0.1) is 0 Å². The van der Waals surface area contributed by atoms with Crippen LogP contribution in [-0.2, 0) is 16.5 Å². The minimum Gasteiger partial charge on any atom is -0.771 e. The minimum atomic E-state index is -1.97. The lowest BCUT2D eigenvalue weighted by Gasteiger charge is -2.36. The summed E-state index contributed by atoms with van der Waals surface area (Å²) in [6.45, 7) is 10.00. The lowest BCUT2D eigenvalue weighted by molar-refractivity contribution is 0.291. The van der Waals surface area contributed by atoms with E-state index < -0.39 is 11.1 Å². The molecule has 0 N–H and O–H groups in total. The molecule has 1 unspecified atom stereocenters. The third kappa shape index (κ3) is 4.04. The van der Waals surface area contributed by atoms with E-state index in [0.717, 1.165) is 26.2 Å². The van der Waals surface area contributed by atoms with Gasteiger partial charge in [-0.3, -0.25) is 9.11 Å². The molecule has 0 amide bonds. The summed E-state index contributed by atoms with van der Waals surface area (Å²) in [4.78, 5) is 4.29. The Balaban J connectivity index is 1.95. The Labute approximate surface area is 124 Å². The van der Waals surface area contributed by atoms with Crippen molar-refractivity contribution in [1.82, 2.24) is 4.90 Å². The van der Waals surface area contributed by atoms with Gasteiger partial charge in [-0.05, 0) is 34.2 Å². The summed E-state index contributed by atoms with van der Waals surface area (Å²) in [5, 5.41) is 0. The van der Waals surface area contributed by atoms with Gasteiger partial charge in [0.05, 0.1) is 5.88 Å². The molecular formula is C15H23N2O2S-. The van der Waals surface area contributed by atoms with Gasteiger partial charge in [-0.2, -0.15) is 0 Å². The highest BCUT2D eigenvalue weighted by Gasteiger charge is 2.18. The molecule has 0 bridgehead atoms. The van der Waals surface area contributed by atoms with Crippen LogP contribution in [0.4, 0.5) is 5.69 Å². The number of anilines is 1. The van der Waals surface area contributed by atoms with Gasteiger partial charge < -0.3 is 9.45 Å². The normalized spacial score (nSPS) is 19.1. The van der Waals surface area contributed by atoms with Crippen LogP contribution in [0.25, 0.3) is 0 Å². The van der Waals surface area contributed by atoms with Crippen molar-refractivity contribution in [2.24, 2.45) is 0 Å².